The molecule has 1 heterocycles. The van der Waals surface area contributed by atoms with Gasteiger partial charge in [0.05, 0.1) is 5.69 Å². The van der Waals surface area contributed by atoms with Crippen molar-refractivity contribution in [2.75, 3.05) is 6.54 Å². The third-order valence-corrected chi connectivity index (χ3v) is 1.35. The van der Waals surface area contributed by atoms with E-state index in [4.69, 9.17) is 0 Å². The summed E-state index contributed by atoms with van der Waals surface area (Å²) in [5.41, 5.74) is 0.964. The van der Waals surface area contributed by atoms with E-state index in [9.17, 15) is 0 Å². The predicted octanol–water partition coefficient (Wildman–Crippen LogP) is 1.42. The lowest BCUT2D eigenvalue weighted by atomic mass is 10.2. The maximum atomic E-state index is 4.68. The highest BCUT2D eigenvalue weighted by Crippen LogP contribution is 1.94. The lowest BCUT2D eigenvalue weighted by Crippen LogP contribution is -2.18. The number of hydrogen-bond donors (Lipinski definition) is 1. The molecular formula is C8H14N2O. The highest BCUT2D eigenvalue weighted by atomic mass is 16.5. The Morgan fingerprint density at radius 3 is 3.00 bits per heavy atom. The standard InChI is InChI=1S/C8H14N2O/c1-7(2)5-9-6-8-3-4-11-10-8/h3-4,7,9H,5-6H2,1-2H3. The summed E-state index contributed by atoms with van der Waals surface area (Å²) in [6.07, 6.45) is 1.59. The highest BCUT2D eigenvalue weighted by molar-refractivity contribution is 4.93. The lowest BCUT2D eigenvalue weighted by Gasteiger charge is -2.03. The number of aromatic nitrogens is 1. The average molecular weight is 154 g/mol. The van der Waals surface area contributed by atoms with Gasteiger partial charge in [-0.25, -0.2) is 0 Å². The molecule has 0 bridgehead atoms. The number of hydrogen-bond acceptors (Lipinski definition) is 3. The van der Waals surface area contributed by atoms with Crippen molar-refractivity contribution >= 4 is 0 Å². The predicted molar refractivity (Wildman–Crippen MR) is 43.0 cm³/mol. The first kappa shape index (κ1) is 8.27. The summed E-state index contributed by atoms with van der Waals surface area (Å²) in [6.45, 7) is 6.17. The molecule has 0 aliphatic carbocycles. The van der Waals surface area contributed by atoms with Crippen LogP contribution >= 0.6 is 0 Å². The maximum absolute atomic E-state index is 4.68. The van der Waals surface area contributed by atoms with Crippen molar-refractivity contribution < 1.29 is 4.52 Å². The zero-order valence-corrected chi connectivity index (χ0v) is 7.00. The van der Waals surface area contributed by atoms with Crippen molar-refractivity contribution in [3.63, 3.8) is 0 Å². The Labute approximate surface area is 66.8 Å². The maximum Gasteiger partial charge on any atom is 0.124 e. The Morgan fingerprint density at radius 1 is 1.64 bits per heavy atom. The fraction of sp³-hybridized carbons (Fsp3) is 0.625. The van der Waals surface area contributed by atoms with E-state index >= 15 is 0 Å². The van der Waals surface area contributed by atoms with Crippen LogP contribution in [-0.4, -0.2) is 11.7 Å². The molecule has 3 heteroatoms. The molecule has 0 saturated carbocycles. The van der Waals surface area contributed by atoms with Gasteiger partial charge in [-0.2, -0.15) is 0 Å². The van der Waals surface area contributed by atoms with Gasteiger partial charge in [0, 0.05) is 12.6 Å². The van der Waals surface area contributed by atoms with E-state index in [2.05, 4.69) is 28.8 Å². The molecule has 3 nitrogen and oxygen atoms in total. The fourth-order valence-corrected chi connectivity index (χ4v) is 0.818. The minimum absolute atomic E-state index is 0.682. The van der Waals surface area contributed by atoms with Crippen molar-refractivity contribution in [2.24, 2.45) is 5.92 Å². The second kappa shape index (κ2) is 4.13. The van der Waals surface area contributed by atoms with Crippen LogP contribution in [0, 0.1) is 5.92 Å². The Bertz CT molecular complexity index is 182. The van der Waals surface area contributed by atoms with Crippen LogP contribution in [0.2, 0.25) is 0 Å². The molecule has 0 atom stereocenters. The van der Waals surface area contributed by atoms with Gasteiger partial charge in [-0.1, -0.05) is 19.0 Å². The van der Waals surface area contributed by atoms with Gasteiger partial charge >= 0.3 is 0 Å². The first-order valence-electron chi connectivity index (χ1n) is 3.89. The summed E-state index contributed by atoms with van der Waals surface area (Å²) < 4.78 is 4.68. The molecule has 62 valence electrons. The summed E-state index contributed by atoms with van der Waals surface area (Å²) in [4.78, 5) is 0. The fourth-order valence-electron chi connectivity index (χ4n) is 0.818. The SMILES string of the molecule is CC(C)CNCc1ccon1. The van der Waals surface area contributed by atoms with E-state index in [1.807, 2.05) is 6.07 Å². The molecule has 0 spiro atoms. The van der Waals surface area contributed by atoms with Crippen LogP contribution in [0.1, 0.15) is 19.5 Å². The molecule has 0 radical (unpaired) electrons. The van der Waals surface area contributed by atoms with Gasteiger partial charge in [0.2, 0.25) is 0 Å². The largest absolute Gasteiger partial charge is 0.364 e. The lowest BCUT2D eigenvalue weighted by molar-refractivity contribution is 0.407. The quantitative estimate of drug-likeness (QED) is 0.712. The van der Waals surface area contributed by atoms with Crippen LogP contribution in [0.3, 0.4) is 0 Å². The molecule has 0 fully saturated rings. The third-order valence-electron chi connectivity index (χ3n) is 1.35. The first-order chi connectivity index (χ1) is 5.29. The van der Waals surface area contributed by atoms with E-state index in [1.54, 1.807) is 6.26 Å². The molecule has 1 N–H and O–H groups in total. The van der Waals surface area contributed by atoms with Crippen molar-refractivity contribution in [1.82, 2.24) is 10.5 Å². The molecule has 0 aliphatic heterocycles. The molecular weight excluding hydrogens is 140 g/mol. The third kappa shape index (κ3) is 3.18. The molecule has 11 heavy (non-hydrogen) atoms. The van der Waals surface area contributed by atoms with Gasteiger partial charge in [0.1, 0.15) is 6.26 Å². The monoisotopic (exact) mass is 154 g/mol. The van der Waals surface area contributed by atoms with Gasteiger partial charge in [0.15, 0.2) is 0 Å². The minimum Gasteiger partial charge on any atom is -0.364 e. The molecule has 0 aliphatic rings. The normalized spacial score (nSPS) is 10.8. The number of rotatable bonds is 4. The van der Waals surface area contributed by atoms with Crippen LogP contribution in [0.4, 0.5) is 0 Å². The second-order valence-corrected chi connectivity index (χ2v) is 3.02. The highest BCUT2D eigenvalue weighted by Gasteiger charge is 1.96. The van der Waals surface area contributed by atoms with E-state index in [1.165, 1.54) is 0 Å². The number of nitrogens with zero attached hydrogens (tertiary/aromatic N) is 1. The number of nitrogens with one attached hydrogen (secondary N) is 1. The van der Waals surface area contributed by atoms with Gasteiger partial charge in [-0.3, -0.25) is 0 Å². The topological polar surface area (TPSA) is 38.1 Å². The molecule has 0 saturated heterocycles. The first-order valence-corrected chi connectivity index (χ1v) is 3.89. The molecule has 1 rings (SSSR count). The van der Waals surface area contributed by atoms with E-state index < -0.39 is 0 Å². The van der Waals surface area contributed by atoms with Crippen molar-refractivity contribution in [3.8, 4) is 0 Å². The Balaban J connectivity index is 2.14. The Hall–Kier alpha value is -0.830. The zero-order chi connectivity index (χ0) is 8.10. The van der Waals surface area contributed by atoms with Crippen LogP contribution in [0.25, 0.3) is 0 Å². The van der Waals surface area contributed by atoms with Gasteiger partial charge in [-0.15, -0.1) is 0 Å². The van der Waals surface area contributed by atoms with E-state index in [0.717, 1.165) is 18.8 Å². The summed E-state index contributed by atoms with van der Waals surface area (Å²) >= 11 is 0. The Kier molecular flexibility index (Phi) is 3.11. The zero-order valence-electron chi connectivity index (χ0n) is 7.00. The van der Waals surface area contributed by atoms with Gasteiger partial charge in [-0.05, 0) is 12.5 Å². The molecule has 1 aromatic rings. The summed E-state index contributed by atoms with van der Waals surface area (Å²) in [5.74, 6) is 0.682. The van der Waals surface area contributed by atoms with Crippen molar-refractivity contribution in [1.29, 1.82) is 0 Å². The molecule has 0 unspecified atom stereocenters. The summed E-state index contributed by atoms with van der Waals surface area (Å²) in [5, 5.41) is 7.04. The minimum atomic E-state index is 0.682. The average Bonchev–Trinajstić information content (AvgIpc) is 2.39. The molecule has 0 amide bonds. The smallest absolute Gasteiger partial charge is 0.124 e. The van der Waals surface area contributed by atoms with E-state index in [-0.39, 0.29) is 0 Å². The van der Waals surface area contributed by atoms with Gasteiger partial charge < -0.3 is 9.84 Å². The van der Waals surface area contributed by atoms with Gasteiger partial charge in [0.25, 0.3) is 0 Å². The van der Waals surface area contributed by atoms with Crippen molar-refractivity contribution in [2.45, 2.75) is 20.4 Å². The summed E-state index contributed by atoms with van der Waals surface area (Å²) in [6, 6.07) is 1.87. The van der Waals surface area contributed by atoms with Crippen LogP contribution in [0.5, 0.6) is 0 Å². The van der Waals surface area contributed by atoms with Crippen LogP contribution in [0.15, 0.2) is 16.9 Å². The summed E-state index contributed by atoms with van der Waals surface area (Å²) in [7, 11) is 0. The molecule has 0 aromatic carbocycles. The molecule has 1 aromatic heterocycles. The van der Waals surface area contributed by atoms with Crippen molar-refractivity contribution in [3.05, 3.63) is 18.0 Å². The van der Waals surface area contributed by atoms with Crippen LogP contribution in [-0.2, 0) is 6.54 Å². The van der Waals surface area contributed by atoms with E-state index in [0.29, 0.717) is 5.92 Å². The van der Waals surface area contributed by atoms with Crippen LogP contribution < -0.4 is 5.32 Å². The second-order valence-electron chi connectivity index (χ2n) is 3.02. The Morgan fingerprint density at radius 2 is 2.45 bits per heavy atom.